The Morgan fingerprint density at radius 1 is 1.25 bits per heavy atom. The predicted molar refractivity (Wildman–Crippen MR) is 89.5 cm³/mol. The standard InChI is InChI=1S/C17H27N5O2/c1-12-15(19-20-22(12)11-13-7-3-4-8-13)17(24)21(2)14-9-5-6-10-18-16(14)23/h13-14H,3-11H2,1-2H3,(H,18,23). The molecule has 1 N–H and O–H groups in total. The quantitative estimate of drug-likeness (QED) is 0.906. The van der Waals surface area contributed by atoms with E-state index in [1.165, 1.54) is 30.6 Å². The number of hydrogen-bond acceptors (Lipinski definition) is 4. The molecule has 1 aliphatic heterocycles. The lowest BCUT2D eigenvalue weighted by atomic mass is 10.1. The number of aromatic nitrogens is 3. The van der Waals surface area contributed by atoms with Gasteiger partial charge in [0, 0.05) is 20.1 Å². The second-order valence-electron chi connectivity index (χ2n) is 7.07. The summed E-state index contributed by atoms with van der Waals surface area (Å²) in [5, 5.41) is 11.2. The molecule has 1 aliphatic carbocycles. The van der Waals surface area contributed by atoms with Gasteiger partial charge in [0.25, 0.3) is 5.91 Å². The van der Waals surface area contributed by atoms with Crippen molar-refractivity contribution in [2.45, 2.75) is 64.5 Å². The van der Waals surface area contributed by atoms with E-state index in [9.17, 15) is 9.59 Å². The highest BCUT2D eigenvalue weighted by Crippen LogP contribution is 2.26. The van der Waals surface area contributed by atoms with E-state index in [1.54, 1.807) is 7.05 Å². The van der Waals surface area contributed by atoms with Gasteiger partial charge in [-0.25, -0.2) is 4.68 Å². The fourth-order valence-corrected chi connectivity index (χ4v) is 3.77. The largest absolute Gasteiger partial charge is 0.354 e. The van der Waals surface area contributed by atoms with Crippen molar-refractivity contribution in [3.05, 3.63) is 11.4 Å². The summed E-state index contributed by atoms with van der Waals surface area (Å²) in [5.41, 5.74) is 1.17. The maximum absolute atomic E-state index is 12.8. The molecule has 2 aliphatic rings. The van der Waals surface area contributed by atoms with Gasteiger partial charge in [0.2, 0.25) is 5.91 Å². The van der Waals surface area contributed by atoms with Crippen LogP contribution in [0.1, 0.15) is 61.1 Å². The number of nitrogens with one attached hydrogen (secondary N) is 1. The average Bonchev–Trinajstić information content (AvgIpc) is 3.15. The Hall–Kier alpha value is -1.92. The van der Waals surface area contributed by atoms with Crippen molar-refractivity contribution in [1.29, 1.82) is 0 Å². The number of amides is 2. The van der Waals surface area contributed by atoms with Crippen LogP contribution in [0.5, 0.6) is 0 Å². The lowest BCUT2D eigenvalue weighted by Crippen LogP contribution is -2.46. The lowest BCUT2D eigenvalue weighted by Gasteiger charge is -2.25. The van der Waals surface area contributed by atoms with Gasteiger partial charge in [-0.1, -0.05) is 18.1 Å². The van der Waals surface area contributed by atoms with Gasteiger partial charge in [-0.05, 0) is 44.9 Å². The van der Waals surface area contributed by atoms with E-state index in [-0.39, 0.29) is 11.8 Å². The van der Waals surface area contributed by atoms with E-state index in [1.807, 2.05) is 11.6 Å². The Kier molecular flexibility index (Phi) is 5.16. The molecule has 2 amide bonds. The first-order chi connectivity index (χ1) is 11.6. The fraction of sp³-hybridized carbons (Fsp3) is 0.765. The van der Waals surface area contributed by atoms with E-state index in [2.05, 4.69) is 15.6 Å². The number of nitrogens with zero attached hydrogens (tertiary/aromatic N) is 4. The maximum Gasteiger partial charge on any atom is 0.276 e. The van der Waals surface area contributed by atoms with Crippen LogP contribution in [0, 0.1) is 12.8 Å². The highest BCUT2D eigenvalue weighted by molar-refractivity contribution is 5.96. The number of rotatable bonds is 4. The molecule has 1 aromatic heterocycles. The van der Waals surface area contributed by atoms with E-state index in [4.69, 9.17) is 0 Å². The maximum atomic E-state index is 12.8. The molecule has 7 nitrogen and oxygen atoms in total. The minimum Gasteiger partial charge on any atom is -0.354 e. The summed E-state index contributed by atoms with van der Waals surface area (Å²) in [4.78, 5) is 26.5. The van der Waals surface area contributed by atoms with Gasteiger partial charge >= 0.3 is 0 Å². The van der Waals surface area contributed by atoms with E-state index in [0.29, 0.717) is 24.6 Å². The molecule has 24 heavy (non-hydrogen) atoms. The zero-order valence-corrected chi connectivity index (χ0v) is 14.6. The molecule has 0 aromatic carbocycles. The van der Waals surface area contributed by atoms with Crippen molar-refractivity contribution in [2.75, 3.05) is 13.6 Å². The Bertz CT molecular complexity index is 606. The third-order valence-corrected chi connectivity index (χ3v) is 5.39. The third kappa shape index (κ3) is 3.44. The second kappa shape index (κ2) is 7.32. The van der Waals surface area contributed by atoms with Crippen LogP contribution in [0.3, 0.4) is 0 Å². The van der Waals surface area contributed by atoms with Crippen molar-refractivity contribution in [3.63, 3.8) is 0 Å². The predicted octanol–water partition coefficient (Wildman–Crippen LogP) is 1.52. The van der Waals surface area contributed by atoms with Gasteiger partial charge in [0.05, 0.1) is 5.69 Å². The first-order valence-electron chi connectivity index (χ1n) is 9.03. The van der Waals surface area contributed by atoms with Crippen molar-refractivity contribution < 1.29 is 9.59 Å². The summed E-state index contributed by atoms with van der Waals surface area (Å²) in [7, 11) is 1.69. The smallest absolute Gasteiger partial charge is 0.276 e. The van der Waals surface area contributed by atoms with Crippen molar-refractivity contribution >= 4 is 11.8 Å². The van der Waals surface area contributed by atoms with Crippen LogP contribution in [0.15, 0.2) is 0 Å². The molecule has 0 radical (unpaired) electrons. The van der Waals surface area contributed by atoms with Crippen LogP contribution in [0.25, 0.3) is 0 Å². The Morgan fingerprint density at radius 2 is 1.96 bits per heavy atom. The molecule has 2 heterocycles. The third-order valence-electron chi connectivity index (χ3n) is 5.39. The van der Waals surface area contributed by atoms with Crippen molar-refractivity contribution in [3.8, 4) is 0 Å². The summed E-state index contributed by atoms with van der Waals surface area (Å²) >= 11 is 0. The van der Waals surface area contributed by atoms with Gasteiger partial charge in [-0.3, -0.25) is 9.59 Å². The van der Waals surface area contributed by atoms with Gasteiger partial charge in [-0.15, -0.1) is 5.10 Å². The van der Waals surface area contributed by atoms with Gasteiger partial charge in [-0.2, -0.15) is 0 Å². The minimum absolute atomic E-state index is 0.0700. The SMILES string of the molecule is Cc1c(C(=O)N(C)C2CCCCNC2=O)nnn1CC1CCCC1. The molecule has 1 atom stereocenters. The van der Waals surface area contributed by atoms with Gasteiger partial charge in [0.15, 0.2) is 5.69 Å². The summed E-state index contributed by atoms with van der Waals surface area (Å²) < 4.78 is 1.85. The minimum atomic E-state index is -0.417. The molecule has 1 aromatic rings. The molecule has 3 rings (SSSR count). The zero-order chi connectivity index (χ0) is 17.1. The number of likely N-dealkylation sites (N-methyl/N-ethyl adjacent to an activating group) is 1. The molecule has 2 fully saturated rings. The highest BCUT2D eigenvalue weighted by Gasteiger charge is 2.31. The van der Waals surface area contributed by atoms with Crippen molar-refractivity contribution in [1.82, 2.24) is 25.2 Å². The number of carbonyl (C=O) groups is 2. The summed E-state index contributed by atoms with van der Waals surface area (Å²) in [6.45, 7) is 3.41. The molecule has 0 bridgehead atoms. The van der Waals surface area contributed by atoms with E-state index >= 15 is 0 Å². The Balaban J connectivity index is 1.71. The highest BCUT2D eigenvalue weighted by atomic mass is 16.2. The second-order valence-corrected chi connectivity index (χ2v) is 7.07. The summed E-state index contributed by atoms with van der Waals surface area (Å²) in [6.07, 6.45) is 7.61. The molecule has 1 saturated carbocycles. The monoisotopic (exact) mass is 333 g/mol. The normalized spacial score (nSPS) is 22.2. The molecule has 132 valence electrons. The molecular formula is C17H27N5O2. The van der Waals surface area contributed by atoms with Crippen LogP contribution >= 0.6 is 0 Å². The molecular weight excluding hydrogens is 306 g/mol. The van der Waals surface area contributed by atoms with Crippen LogP contribution in [0.2, 0.25) is 0 Å². The molecule has 1 unspecified atom stereocenters. The number of hydrogen-bond donors (Lipinski definition) is 1. The van der Waals surface area contributed by atoms with Crippen LogP contribution in [-0.2, 0) is 11.3 Å². The fourth-order valence-electron chi connectivity index (χ4n) is 3.77. The first kappa shape index (κ1) is 16.9. The van der Waals surface area contributed by atoms with E-state index < -0.39 is 6.04 Å². The van der Waals surface area contributed by atoms with Gasteiger partial charge in [0.1, 0.15) is 6.04 Å². The molecule has 7 heteroatoms. The van der Waals surface area contributed by atoms with Crippen molar-refractivity contribution in [2.24, 2.45) is 5.92 Å². The van der Waals surface area contributed by atoms with Crippen LogP contribution in [-0.4, -0.2) is 51.3 Å². The summed E-state index contributed by atoms with van der Waals surface area (Å²) in [6, 6.07) is -0.417. The van der Waals surface area contributed by atoms with Gasteiger partial charge < -0.3 is 10.2 Å². The Labute approximate surface area is 142 Å². The Morgan fingerprint density at radius 3 is 2.71 bits per heavy atom. The molecule has 1 saturated heterocycles. The topological polar surface area (TPSA) is 80.1 Å². The van der Waals surface area contributed by atoms with E-state index in [0.717, 1.165) is 25.1 Å². The van der Waals surface area contributed by atoms with Crippen LogP contribution in [0.4, 0.5) is 0 Å². The van der Waals surface area contributed by atoms with Crippen LogP contribution < -0.4 is 5.32 Å². The number of carbonyl (C=O) groups excluding carboxylic acids is 2. The molecule has 0 spiro atoms. The average molecular weight is 333 g/mol. The summed E-state index contributed by atoms with van der Waals surface area (Å²) in [5.74, 6) is 0.352. The first-order valence-corrected chi connectivity index (χ1v) is 9.03. The zero-order valence-electron chi connectivity index (χ0n) is 14.6. The lowest BCUT2D eigenvalue weighted by molar-refractivity contribution is -0.125.